The molecular formula is C12H10N2O6. The highest BCUT2D eigenvalue weighted by Gasteiger charge is 2.36. The Hall–Kier alpha value is -2.77. The molecule has 2 aliphatic rings. The summed E-state index contributed by atoms with van der Waals surface area (Å²) in [6, 6.07) is -1.41. The smallest absolute Gasteiger partial charge is 0.327 e. The summed E-state index contributed by atoms with van der Waals surface area (Å²) in [7, 11) is 0. The molecule has 0 bridgehead atoms. The molecule has 0 aromatic carbocycles. The predicted octanol–water partition coefficient (Wildman–Crippen LogP) is -1.32. The van der Waals surface area contributed by atoms with Gasteiger partial charge in [-0.3, -0.25) is 29.0 Å². The minimum atomic E-state index is -1.41. The molecule has 8 nitrogen and oxygen atoms in total. The third-order valence-corrected chi connectivity index (χ3v) is 2.97. The maximum Gasteiger partial charge on any atom is 0.327 e. The molecule has 2 rings (SSSR count). The Kier molecular flexibility index (Phi) is 3.47. The molecule has 0 saturated heterocycles. The molecule has 2 heterocycles. The van der Waals surface area contributed by atoms with E-state index in [9.17, 15) is 24.0 Å². The van der Waals surface area contributed by atoms with Crippen LogP contribution in [0.2, 0.25) is 0 Å². The lowest BCUT2D eigenvalue weighted by atomic mass is 10.1. The number of amides is 4. The highest BCUT2D eigenvalue weighted by molar-refractivity contribution is 6.15. The van der Waals surface area contributed by atoms with Crippen molar-refractivity contribution in [2.75, 3.05) is 6.54 Å². The lowest BCUT2D eigenvalue weighted by Crippen LogP contribution is -2.47. The van der Waals surface area contributed by atoms with Crippen molar-refractivity contribution in [1.82, 2.24) is 9.80 Å². The van der Waals surface area contributed by atoms with Gasteiger partial charge in [-0.1, -0.05) is 0 Å². The quantitative estimate of drug-likeness (QED) is 0.624. The van der Waals surface area contributed by atoms with Crippen molar-refractivity contribution in [1.29, 1.82) is 0 Å². The van der Waals surface area contributed by atoms with Gasteiger partial charge < -0.3 is 5.11 Å². The number of hydrogen-bond donors (Lipinski definition) is 1. The average Bonchev–Trinajstić information content (AvgIpc) is 2.87. The molecule has 0 aromatic heterocycles. The maximum atomic E-state index is 11.5. The van der Waals surface area contributed by atoms with E-state index in [1.165, 1.54) is 0 Å². The van der Waals surface area contributed by atoms with Gasteiger partial charge in [-0.2, -0.15) is 0 Å². The van der Waals surface area contributed by atoms with Crippen LogP contribution in [-0.4, -0.2) is 57.1 Å². The van der Waals surface area contributed by atoms with Gasteiger partial charge in [0, 0.05) is 30.8 Å². The van der Waals surface area contributed by atoms with Crippen LogP contribution in [0.3, 0.4) is 0 Å². The molecule has 0 aromatic rings. The number of aliphatic carboxylic acids is 1. The van der Waals surface area contributed by atoms with Crippen LogP contribution in [-0.2, 0) is 24.0 Å². The SMILES string of the molecule is O=C(O)C(CCN1C(=O)C=CC1=O)N1C(=O)C=CC1=O. The van der Waals surface area contributed by atoms with E-state index < -0.39 is 35.6 Å². The highest BCUT2D eigenvalue weighted by atomic mass is 16.4. The molecule has 104 valence electrons. The van der Waals surface area contributed by atoms with Crippen LogP contribution in [0, 0.1) is 0 Å². The van der Waals surface area contributed by atoms with Crippen molar-refractivity contribution < 1.29 is 29.1 Å². The van der Waals surface area contributed by atoms with Gasteiger partial charge in [-0.05, 0) is 6.42 Å². The number of carboxylic acid groups (broad SMARTS) is 1. The first-order valence-corrected chi connectivity index (χ1v) is 5.73. The van der Waals surface area contributed by atoms with Gasteiger partial charge in [0.25, 0.3) is 23.6 Å². The summed E-state index contributed by atoms with van der Waals surface area (Å²) in [4.78, 5) is 58.2. The topological polar surface area (TPSA) is 112 Å². The van der Waals surface area contributed by atoms with Gasteiger partial charge in [0.2, 0.25) is 0 Å². The molecule has 0 aliphatic carbocycles. The van der Waals surface area contributed by atoms with Crippen molar-refractivity contribution in [2.45, 2.75) is 12.5 Å². The van der Waals surface area contributed by atoms with Crippen LogP contribution < -0.4 is 0 Å². The van der Waals surface area contributed by atoms with Crippen molar-refractivity contribution in [2.24, 2.45) is 0 Å². The van der Waals surface area contributed by atoms with Crippen molar-refractivity contribution >= 4 is 29.6 Å². The predicted molar refractivity (Wildman–Crippen MR) is 62.9 cm³/mol. The van der Waals surface area contributed by atoms with Gasteiger partial charge in [-0.15, -0.1) is 0 Å². The maximum absolute atomic E-state index is 11.5. The summed E-state index contributed by atoms with van der Waals surface area (Å²) in [5, 5.41) is 9.10. The lowest BCUT2D eigenvalue weighted by Gasteiger charge is -2.24. The van der Waals surface area contributed by atoms with Crippen molar-refractivity contribution in [3.8, 4) is 0 Å². The van der Waals surface area contributed by atoms with E-state index in [1.807, 2.05) is 0 Å². The largest absolute Gasteiger partial charge is 0.480 e. The minimum Gasteiger partial charge on any atom is -0.480 e. The number of carbonyl (C=O) groups excluding carboxylic acids is 4. The summed E-state index contributed by atoms with van der Waals surface area (Å²) in [5.74, 6) is -3.91. The van der Waals surface area contributed by atoms with Crippen LogP contribution in [0.5, 0.6) is 0 Å². The van der Waals surface area contributed by atoms with Crippen LogP contribution >= 0.6 is 0 Å². The number of carboxylic acids is 1. The third-order valence-electron chi connectivity index (χ3n) is 2.97. The summed E-state index contributed by atoms with van der Waals surface area (Å²) < 4.78 is 0. The molecule has 20 heavy (non-hydrogen) atoms. The Bertz CT molecular complexity index is 540. The van der Waals surface area contributed by atoms with Gasteiger partial charge in [0.15, 0.2) is 0 Å². The van der Waals surface area contributed by atoms with Crippen LogP contribution in [0.1, 0.15) is 6.42 Å². The van der Waals surface area contributed by atoms with Crippen LogP contribution in [0.4, 0.5) is 0 Å². The second-order valence-electron chi connectivity index (χ2n) is 4.18. The molecule has 0 radical (unpaired) electrons. The first-order chi connectivity index (χ1) is 9.41. The summed E-state index contributed by atoms with van der Waals surface area (Å²) in [6.45, 7) is -0.182. The first kappa shape index (κ1) is 13.7. The Balaban J connectivity index is 2.06. The van der Waals surface area contributed by atoms with Crippen LogP contribution in [0.15, 0.2) is 24.3 Å². The van der Waals surface area contributed by atoms with Gasteiger partial charge >= 0.3 is 5.97 Å². The number of hydrogen-bond acceptors (Lipinski definition) is 5. The first-order valence-electron chi connectivity index (χ1n) is 5.73. The molecular weight excluding hydrogens is 268 g/mol. The molecule has 2 aliphatic heterocycles. The fourth-order valence-electron chi connectivity index (χ4n) is 1.98. The number of nitrogens with zero attached hydrogens (tertiary/aromatic N) is 2. The molecule has 1 atom stereocenters. The molecule has 0 fully saturated rings. The zero-order chi connectivity index (χ0) is 14.9. The van der Waals surface area contributed by atoms with Gasteiger partial charge in [0.1, 0.15) is 6.04 Å². The monoisotopic (exact) mass is 278 g/mol. The fourth-order valence-corrected chi connectivity index (χ4v) is 1.98. The van der Waals surface area contributed by atoms with Crippen LogP contribution in [0.25, 0.3) is 0 Å². The Labute approximate surface area is 112 Å². The molecule has 4 amide bonds. The van der Waals surface area contributed by atoms with E-state index in [-0.39, 0.29) is 13.0 Å². The number of carbonyl (C=O) groups is 5. The van der Waals surface area contributed by atoms with Crippen molar-refractivity contribution in [3.63, 3.8) is 0 Å². The average molecular weight is 278 g/mol. The summed E-state index contributed by atoms with van der Waals surface area (Å²) >= 11 is 0. The Morgan fingerprint density at radius 1 is 0.950 bits per heavy atom. The second-order valence-corrected chi connectivity index (χ2v) is 4.18. The fraction of sp³-hybridized carbons (Fsp3) is 0.250. The minimum absolute atomic E-state index is 0.182. The highest BCUT2D eigenvalue weighted by Crippen LogP contribution is 2.14. The van der Waals surface area contributed by atoms with E-state index in [1.54, 1.807) is 0 Å². The number of rotatable bonds is 5. The van der Waals surface area contributed by atoms with E-state index in [4.69, 9.17) is 5.11 Å². The van der Waals surface area contributed by atoms with E-state index in [2.05, 4.69) is 0 Å². The zero-order valence-corrected chi connectivity index (χ0v) is 10.2. The third kappa shape index (κ3) is 2.35. The van der Waals surface area contributed by atoms with Crippen molar-refractivity contribution in [3.05, 3.63) is 24.3 Å². The Morgan fingerprint density at radius 3 is 1.85 bits per heavy atom. The van der Waals surface area contributed by atoms with E-state index >= 15 is 0 Å². The van der Waals surface area contributed by atoms with E-state index in [0.29, 0.717) is 4.90 Å². The lowest BCUT2D eigenvalue weighted by molar-refractivity contribution is -0.154. The summed E-state index contributed by atoms with van der Waals surface area (Å²) in [6.07, 6.45) is 3.89. The van der Waals surface area contributed by atoms with E-state index in [0.717, 1.165) is 29.2 Å². The number of imide groups is 2. The summed E-state index contributed by atoms with van der Waals surface area (Å²) in [5.41, 5.74) is 0. The normalized spacial score (nSPS) is 19.4. The van der Waals surface area contributed by atoms with Gasteiger partial charge in [-0.25, -0.2) is 4.79 Å². The molecule has 0 spiro atoms. The van der Waals surface area contributed by atoms with Gasteiger partial charge in [0.05, 0.1) is 0 Å². The second kappa shape index (κ2) is 5.08. The standard InChI is InChI=1S/C12H10N2O6/c15-8-1-2-9(16)13(8)6-5-7(12(19)20)14-10(17)3-4-11(14)18/h1-4,7H,5-6H2,(H,19,20). The zero-order valence-electron chi connectivity index (χ0n) is 10.2. The molecule has 1 unspecified atom stereocenters. The molecule has 8 heteroatoms. The Morgan fingerprint density at radius 2 is 1.40 bits per heavy atom. The molecule has 1 N–H and O–H groups in total. The molecule has 0 saturated carbocycles.